The first-order chi connectivity index (χ1) is 29.2. The Labute approximate surface area is 361 Å². The molecule has 12 heteroatoms. The summed E-state index contributed by atoms with van der Waals surface area (Å²) in [5.41, 5.74) is 0. The monoisotopic (exact) mass is 861 g/mol. The van der Waals surface area contributed by atoms with Gasteiger partial charge in [0.1, 0.15) is 12.7 Å². The minimum atomic E-state index is -4.65. The van der Waals surface area contributed by atoms with Crippen molar-refractivity contribution < 1.29 is 52.9 Å². The van der Waals surface area contributed by atoms with E-state index in [-0.39, 0.29) is 26.1 Å². The lowest BCUT2D eigenvalue weighted by Crippen LogP contribution is -2.29. The van der Waals surface area contributed by atoms with Crippen molar-refractivity contribution in [1.82, 2.24) is 0 Å². The van der Waals surface area contributed by atoms with E-state index in [1.54, 1.807) is 0 Å². The minimum Gasteiger partial charge on any atom is -0.462 e. The molecule has 11 nitrogen and oxygen atoms in total. The first kappa shape index (κ1) is 56.6. The smallest absolute Gasteiger partial charge is 0.462 e. The molecule has 0 aromatic carbocycles. The Morgan fingerprint density at radius 3 is 1.40 bits per heavy atom. The van der Waals surface area contributed by atoms with Crippen LogP contribution in [0.1, 0.15) is 135 Å². The van der Waals surface area contributed by atoms with Crippen molar-refractivity contribution in [1.29, 1.82) is 0 Å². The number of rotatable bonds is 40. The molecule has 0 bridgehead atoms. The number of aliphatic hydroxyl groups is 3. The van der Waals surface area contributed by atoms with Crippen LogP contribution in [-0.4, -0.2) is 77.4 Å². The van der Waals surface area contributed by atoms with Crippen molar-refractivity contribution in [3.05, 3.63) is 109 Å². The Morgan fingerprint density at radius 1 is 0.517 bits per heavy atom. The average molecular weight is 861 g/mol. The molecule has 0 amide bonds. The average Bonchev–Trinajstić information content (AvgIpc) is 3.24. The molecule has 0 heterocycles. The van der Waals surface area contributed by atoms with E-state index in [1.807, 2.05) is 12.2 Å². The van der Waals surface area contributed by atoms with Crippen LogP contribution >= 0.6 is 7.82 Å². The Bertz CT molecular complexity index is 1360. The van der Waals surface area contributed by atoms with Gasteiger partial charge in [0.25, 0.3) is 0 Å². The second-order valence-electron chi connectivity index (χ2n) is 14.1. The number of carbonyl (C=O) groups excluding carboxylic acids is 2. The molecule has 0 fully saturated rings. The highest BCUT2D eigenvalue weighted by atomic mass is 31.2. The number of hydrogen-bond acceptors (Lipinski definition) is 10. The SMILES string of the molecule is CC/C=C\C/C=C\C/C=C\C/C=C\C/C=C\CCCCCC(=O)O[C@H](COC(=O)CCC/C=C\C/C=C\C/C=C\C/C=C\CCCCCO)COP(=O)(O)OC[C@@H](O)CO. The van der Waals surface area contributed by atoms with Gasteiger partial charge in [-0.15, -0.1) is 0 Å². The van der Waals surface area contributed by atoms with Gasteiger partial charge in [0.2, 0.25) is 0 Å². The van der Waals surface area contributed by atoms with Crippen molar-refractivity contribution in [3.8, 4) is 0 Å². The molecule has 0 saturated heterocycles. The van der Waals surface area contributed by atoms with Gasteiger partial charge in [-0.25, -0.2) is 4.57 Å². The van der Waals surface area contributed by atoms with Crippen molar-refractivity contribution in [2.75, 3.05) is 33.0 Å². The van der Waals surface area contributed by atoms with E-state index < -0.39 is 51.8 Å². The topological polar surface area (TPSA) is 169 Å². The van der Waals surface area contributed by atoms with E-state index in [9.17, 15) is 24.2 Å². The quantitative estimate of drug-likeness (QED) is 0.0200. The molecular weight excluding hydrogens is 783 g/mol. The van der Waals surface area contributed by atoms with Crippen molar-refractivity contribution >= 4 is 19.8 Å². The highest BCUT2D eigenvalue weighted by molar-refractivity contribution is 7.47. The second kappa shape index (κ2) is 43.7. The maximum atomic E-state index is 12.6. The molecule has 0 spiro atoms. The fourth-order valence-corrected chi connectivity index (χ4v) is 5.90. The third kappa shape index (κ3) is 42.7. The highest BCUT2D eigenvalue weighted by Crippen LogP contribution is 2.43. The van der Waals surface area contributed by atoms with Gasteiger partial charge in [0, 0.05) is 19.4 Å². The third-order valence-electron chi connectivity index (χ3n) is 8.47. The standard InChI is InChI=1S/C48H77O11P/c1-2-3-4-5-6-7-8-9-10-11-12-14-18-21-24-27-30-33-36-39-48(53)59-46(44-58-60(54,55)57-42-45(51)41-50)43-56-47(52)38-35-32-29-26-23-20-17-15-13-16-19-22-25-28-31-34-37-40-49/h3-4,6-7,9-10,12-14,16-17,20-22,24-26,29,45-46,49-51H,2,5,8,11,15,18-19,23,27-28,30-44H2,1H3,(H,54,55)/b4-3-,7-6-,10-9-,14-12-,16-13-,20-17-,24-21-,25-22-,29-26-/t45-,46+/m0/s1. The number of unbranched alkanes of at least 4 members (excludes halogenated alkanes) is 7. The highest BCUT2D eigenvalue weighted by Gasteiger charge is 2.27. The summed E-state index contributed by atoms with van der Waals surface area (Å²) >= 11 is 0. The fraction of sp³-hybridized carbons (Fsp3) is 0.583. The molecule has 1 unspecified atom stereocenters. The van der Waals surface area contributed by atoms with Gasteiger partial charge in [-0.05, 0) is 103 Å². The summed E-state index contributed by atoms with van der Waals surface area (Å²) in [4.78, 5) is 35.0. The molecule has 340 valence electrons. The van der Waals surface area contributed by atoms with E-state index in [0.29, 0.717) is 19.3 Å². The Morgan fingerprint density at radius 2 is 0.933 bits per heavy atom. The molecule has 60 heavy (non-hydrogen) atoms. The zero-order chi connectivity index (χ0) is 44.0. The zero-order valence-corrected chi connectivity index (χ0v) is 37.2. The maximum absolute atomic E-state index is 12.6. The van der Waals surface area contributed by atoms with Gasteiger partial charge in [0.15, 0.2) is 6.10 Å². The van der Waals surface area contributed by atoms with E-state index in [1.165, 1.54) is 0 Å². The summed E-state index contributed by atoms with van der Waals surface area (Å²) in [6.45, 7) is 0.137. The third-order valence-corrected chi connectivity index (χ3v) is 9.42. The number of ether oxygens (including phenoxy) is 2. The van der Waals surface area contributed by atoms with E-state index in [0.717, 1.165) is 96.3 Å². The van der Waals surface area contributed by atoms with E-state index in [4.69, 9.17) is 24.2 Å². The van der Waals surface area contributed by atoms with Crippen LogP contribution < -0.4 is 0 Å². The number of allylic oxidation sites excluding steroid dienone is 18. The van der Waals surface area contributed by atoms with Crippen LogP contribution in [0.5, 0.6) is 0 Å². The molecule has 0 aromatic heterocycles. The Kier molecular flexibility index (Phi) is 41.2. The van der Waals surface area contributed by atoms with Crippen molar-refractivity contribution in [3.63, 3.8) is 0 Å². The van der Waals surface area contributed by atoms with Gasteiger partial charge in [0.05, 0.1) is 19.8 Å². The largest absolute Gasteiger partial charge is 0.472 e. The van der Waals surface area contributed by atoms with Crippen molar-refractivity contribution in [2.45, 2.75) is 148 Å². The normalized spacial score (nSPS) is 14.8. The predicted octanol–water partition coefficient (Wildman–Crippen LogP) is 10.7. The maximum Gasteiger partial charge on any atom is 0.472 e. The molecule has 0 saturated carbocycles. The molecule has 0 aliphatic heterocycles. The van der Waals surface area contributed by atoms with Crippen molar-refractivity contribution in [2.24, 2.45) is 0 Å². The number of aliphatic hydroxyl groups excluding tert-OH is 3. The molecular formula is C48H77O11P. The summed E-state index contributed by atoms with van der Waals surface area (Å²) < 4.78 is 32.6. The number of hydrogen-bond donors (Lipinski definition) is 4. The predicted molar refractivity (Wildman–Crippen MR) is 243 cm³/mol. The fourth-order valence-electron chi connectivity index (χ4n) is 5.11. The first-order valence-corrected chi connectivity index (χ1v) is 23.4. The lowest BCUT2D eigenvalue weighted by atomic mass is 10.1. The molecule has 0 radical (unpaired) electrons. The van der Waals surface area contributed by atoms with E-state index in [2.05, 4.69) is 109 Å². The molecule has 4 N–H and O–H groups in total. The number of esters is 2. The Balaban J connectivity index is 4.47. The second-order valence-corrected chi connectivity index (χ2v) is 15.5. The van der Waals surface area contributed by atoms with Crippen LogP contribution in [0.4, 0.5) is 0 Å². The molecule has 0 aliphatic carbocycles. The molecule has 0 rings (SSSR count). The van der Waals surface area contributed by atoms with Crippen LogP contribution in [0, 0.1) is 0 Å². The number of phosphoric acid groups is 1. The first-order valence-electron chi connectivity index (χ1n) is 22.0. The van der Waals surface area contributed by atoms with Crippen LogP contribution in [0.25, 0.3) is 0 Å². The minimum absolute atomic E-state index is 0.121. The van der Waals surface area contributed by atoms with Gasteiger partial charge in [-0.1, -0.05) is 129 Å². The summed E-state index contributed by atoms with van der Waals surface area (Å²) in [7, 11) is -4.65. The lowest BCUT2D eigenvalue weighted by Gasteiger charge is -2.20. The number of carbonyl (C=O) groups is 2. The lowest BCUT2D eigenvalue weighted by molar-refractivity contribution is -0.161. The van der Waals surface area contributed by atoms with Gasteiger partial charge in [-0.2, -0.15) is 0 Å². The summed E-state index contributed by atoms with van der Waals surface area (Å²) in [5, 5.41) is 27.1. The van der Waals surface area contributed by atoms with Crippen LogP contribution in [0.3, 0.4) is 0 Å². The molecule has 0 aromatic rings. The molecule has 0 aliphatic rings. The summed E-state index contributed by atoms with van der Waals surface area (Å²) in [5.74, 6) is -1.05. The molecule has 3 atom stereocenters. The van der Waals surface area contributed by atoms with E-state index >= 15 is 0 Å². The number of phosphoric ester groups is 1. The van der Waals surface area contributed by atoms with Crippen LogP contribution in [-0.2, 0) is 32.7 Å². The van der Waals surface area contributed by atoms with Gasteiger partial charge in [-0.3, -0.25) is 18.6 Å². The zero-order valence-electron chi connectivity index (χ0n) is 36.3. The summed E-state index contributed by atoms with van der Waals surface area (Å²) in [6.07, 6.45) is 52.1. The Hall–Kier alpha value is -3.41. The van der Waals surface area contributed by atoms with Crippen LogP contribution in [0.15, 0.2) is 109 Å². The van der Waals surface area contributed by atoms with Crippen LogP contribution in [0.2, 0.25) is 0 Å². The van der Waals surface area contributed by atoms with Gasteiger partial charge < -0.3 is 29.7 Å². The van der Waals surface area contributed by atoms with Gasteiger partial charge >= 0.3 is 19.8 Å². The summed E-state index contributed by atoms with van der Waals surface area (Å²) in [6, 6.07) is 0.